The molecule has 3 aromatic rings. The Morgan fingerprint density at radius 2 is 2.00 bits per heavy atom. The van der Waals surface area contributed by atoms with Crippen LogP contribution in [-0.2, 0) is 6.54 Å². The highest BCUT2D eigenvalue weighted by Crippen LogP contribution is 2.25. The molecular weight excluding hydrogens is 416 g/mol. The fraction of sp³-hybridized carbons (Fsp3) is 0.455. The summed E-state index contributed by atoms with van der Waals surface area (Å²) in [5.74, 6) is 2.27. The lowest BCUT2D eigenvalue weighted by atomic mass is 9.95. The molecule has 8 nitrogen and oxygen atoms in total. The summed E-state index contributed by atoms with van der Waals surface area (Å²) in [5.41, 5.74) is 3.20. The summed E-state index contributed by atoms with van der Waals surface area (Å²) in [5, 5.41) is 25.0. The van der Waals surface area contributed by atoms with E-state index in [0.29, 0.717) is 25.6 Å². The van der Waals surface area contributed by atoms with Crippen molar-refractivity contribution in [2.45, 2.75) is 38.8 Å². The molecule has 0 aliphatic carbocycles. The third-order valence-electron chi connectivity index (χ3n) is 5.57. The topological polar surface area (TPSA) is 118 Å². The molecule has 2 aromatic heterocycles. The normalized spacial score (nSPS) is 18.3. The molecule has 0 bridgehead atoms. The predicted molar refractivity (Wildman–Crippen MR) is 127 cm³/mol. The maximum atomic E-state index is 10.2. The number of nitrogens with zero attached hydrogens (tertiary/aromatic N) is 3. The third-order valence-corrected chi connectivity index (χ3v) is 5.57. The van der Waals surface area contributed by atoms with Gasteiger partial charge in [0.2, 0.25) is 0 Å². The van der Waals surface area contributed by atoms with Crippen molar-refractivity contribution in [2.75, 3.05) is 30.3 Å². The van der Waals surface area contributed by atoms with Crippen molar-refractivity contribution in [1.82, 2.24) is 19.9 Å². The maximum absolute atomic E-state index is 10.2. The summed E-state index contributed by atoms with van der Waals surface area (Å²) in [6.07, 6.45) is 2.54. The second-order valence-corrected chi connectivity index (χ2v) is 8.06. The highest BCUT2D eigenvalue weighted by atomic mass is 35.5. The van der Waals surface area contributed by atoms with Crippen LogP contribution in [0.2, 0.25) is 0 Å². The van der Waals surface area contributed by atoms with E-state index < -0.39 is 0 Å². The molecule has 6 N–H and O–H groups in total. The fourth-order valence-electron chi connectivity index (χ4n) is 3.76. The number of aliphatic hydroxyl groups is 1. The first-order valence-corrected chi connectivity index (χ1v) is 10.4. The number of anilines is 2. The van der Waals surface area contributed by atoms with Gasteiger partial charge in [0.25, 0.3) is 0 Å². The number of hydrogen-bond donors (Lipinski definition) is 4. The largest absolute Gasteiger partial charge is 0.412 e. The summed E-state index contributed by atoms with van der Waals surface area (Å²) >= 11 is 0. The van der Waals surface area contributed by atoms with Gasteiger partial charge < -0.3 is 26.5 Å². The fourth-order valence-corrected chi connectivity index (χ4v) is 3.76. The number of halogens is 1. The second-order valence-electron chi connectivity index (χ2n) is 8.06. The van der Waals surface area contributed by atoms with Gasteiger partial charge in [-0.1, -0.05) is 44.2 Å². The number of rotatable bonds is 7. The van der Waals surface area contributed by atoms with Crippen molar-refractivity contribution >= 4 is 29.7 Å². The summed E-state index contributed by atoms with van der Waals surface area (Å²) < 4.78 is 1.88. The number of piperidine rings is 1. The van der Waals surface area contributed by atoms with E-state index in [-0.39, 0.29) is 29.9 Å². The van der Waals surface area contributed by atoms with Crippen LogP contribution < -0.4 is 16.0 Å². The van der Waals surface area contributed by atoms with Crippen LogP contribution in [0.25, 0.3) is 5.65 Å². The Bertz CT molecular complexity index is 950. The molecule has 1 aliphatic heterocycles. The molecule has 3 heterocycles. The number of benzene rings is 1. The lowest BCUT2D eigenvalue weighted by molar-refractivity contribution is 0.0883. The quantitative estimate of drug-likeness (QED) is 0.441. The van der Waals surface area contributed by atoms with Crippen LogP contribution in [0, 0.1) is 5.92 Å². The first-order chi connectivity index (χ1) is 14.1. The van der Waals surface area contributed by atoms with Crippen molar-refractivity contribution in [2.24, 2.45) is 5.92 Å². The molecule has 0 saturated carbocycles. The van der Waals surface area contributed by atoms with Crippen LogP contribution in [-0.4, -0.2) is 50.9 Å². The van der Waals surface area contributed by atoms with Gasteiger partial charge in [0.1, 0.15) is 11.6 Å². The van der Waals surface area contributed by atoms with Crippen molar-refractivity contribution in [3.8, 4) is 0 Å². The van der Waals surface area contributed by atoms with Gasteiger partial charge in [0.15, 0.2) is 5.65 Å². The Morgan fingerprint density at radius 3 is 2.71 bits per heavy atom. The van der Waals surface area contributed by atoms with Gasteiger partial charge in [-0.2, -0.15) is 9.61 Å². The van der Waals surface area contributed by atoms with Gasteiger partial charge in [0.05, 0.1) is 12.3 Å². The predicted octanol–water partition coefficient (Wildman–Crippen LogP) is 2.44. The Hall–Kier alpha value is -2.39. The van der Waals surface area contributed by atoms with Gasteiger partial charge in [-0.05, 0) is 24.4 Å². The van der Waals surface area contributed by atoms with E-state index in [9.17, 15) is 5.11 Å². The molecule has 0 spiro atoms. The van der Waals surface area contributed by atoms with E-state index in [4.69, 9.17) is 4.98 Å². The Morgan fingerprint density at radius 1 is 1.23 bits per heavy atom. The van der Waals surface area contributed by atoms with Crippen LogP contribution in [0.5, 0.6) is 0 Å². The molecular formula is C22H33ClN6O2. The number of aromatic nitrogens is 3. The van der Waals surface area contributed by atoms with E-state index in [1.807, 2.05) is 35.0 Å². The lowest BCUT2D eigenvalue weighted by Crippen LogP contribution is -2.43. The minimum absolute atomic E-state index is 0. The maximum Gasteiger partial charge on any atom is 0.163 e. The monoisotopic (exact) mass is 448 g/mol. The number of β-amino-alcohol motifs (C(OH)–C–C–N with tert-alkyl or cyclic N) is 1. The van der Waals surface area contributed by atoms with Gasteiger partial charge in [-0.15, -0.1) is 12.4 Å². The summed E-state index contributed by atoms with van der Waals surface area (Å²) in [4.78, 5) is 4.83. The standard InChI is InChI=1S/C22H30N6O.ClH.H2O/c1-15(2)18-13-26-28-21(25-11-16-6-4-3-5-7-16)10-20(27-22(18)28)24-12-17-8-9-23-14-19(17)29;;/h3-7,10,13,15,17,19,23,25,29H,8-9,11-12,14H2,1-2H3,(H,24,27);1H;1H2/t17-,19+;;/m1../s1. The van der Waals surface area contributed by atoms with E-state index in [2.05, 4.69) is 47.0 Å². The second kappa shape index (κ2) is 11.3. The first kappa shape index (κ1) is 24.9. The third kappa shape index (κ3) is 5.86. The van der Waals surface area contributed by atoms with Gasteiger partial charge in [0, 0.05) is 37.2 Å². The van der Waals surface area contributed by atoms with Crippen LogP contribution in [0.4, 0.5) is 11.6 Å². The molecule has 1 aliphatic rings. The minimum Gasteiger partial charge on any atom is -0.412 e. The molecule has 4 rings (SSSR count). The van der Waals surface area contributed by atoms with Gasteiger partial charge in [-0.25, -0.2) is 4.98 Å². The molecule has 0 unspecified atom stereocenters. The summed E-state index contributed by atoms with van der Waals surface area (Å²) in [6, 6.07) is 12.3. The highest BCUT2D eigenvalue weighted by Gasteiger charge is 2.23. The summed E-state index contributed by atoms with van der Waals surface area (Å²) in [6.45, 7) is 7.32. The molecule has 1 aromatic carbocycles. The van der Waals surface area contributed by atoms with Gasteiger partial charge in [-0.3, -0.25) is 0 Å². The Kier molecular flexibility index (Phi) is 9.06. The SMILES string of the molecule is CC(C)c1cnn2c(NCc3ccccc3)cc(NC[C@H]3CCNC[C@@H]3O)nc12.Cl.O. The average Bonchev–Trinajstić information content (AvgIpc) is 3.16. The number of hydrogen-bond acceptors (Lipinski definition) is 6. The molecule has 1 fully saturated rings. The molecule has 170 valence electrons. The molecule has 9 heteroatoms. The van der Waals surface area contributed by atoms with E-state index >= 15 is 0 Å². The van der Waals surface area contributed by atoms with E-state index in [1.165, 1.54) is 5.56 Å². The van der Waals surface area contributed by atoms with Crippen LogP contribution in [0.1, 0.15) is 37.3 Å². The van der Waals surface area contributed by atoms with Crippen LogP contribution in [0.3, 0.4) is 0 Å². The Balaban J connectivity index is 0.00000171. The zero-order valence-electron chi connectivity index (χ0n) is 18.0. The van der Waals surface area contributed by atoms with E-state index in [1.54, 1.807) is 0 Å². The molecule has 2 atom stereocenters. The first-order valence-electron chi connectivity index (χ1n) is 10.4. The summed E-state index contributed by atoms with van der Waals surface area (Å²) in [7, 11) is 0. The highest BCUT2D eigenvalue weighted by molar-refractivity contribution is 5.85. The molecule has 1 saturated heterocycles. The smallest absolute Gasteiger partial charge is 0.163 e. The van der Waals surface area contributed by atoms with Gasteiger partial charge >= 0.3 is 0 Å². The van der Waals surface area contributed by atoms with Crippen LogP contribution >= 0.6 is 12.4 Å². The molecule has 31 heavy (non-hydrogen) atoms. The Labute approximate surface area is 189 Å². The van der Waals surface area contributed by atoms with Crippen molar-refractivity contribution < 1.29 is 10.6 Å². The lowest BCUT2D eigenvalue weighted by Gasteiger charge is -2.28. The van der Waals surface area contributed by atoms with Crippen molar-refractivity contribution in [3.63, 3.8) is 0 Å². The molecule has 0 amide bonds. The van der Waals surface area contributed by atoms with Crippen molar-refractivity contribution in [3.05, 3.63) is 53.7 Å². The number of nitrogens with one attached hydrogen (secondary N) is 3. The van der Waals surface area contributed by atoms with Crippen molar-refractivity contribution in [1.29, 1.82) is 0 Å². The zero-order chi connectivity index (χ0) is 20.2. The number of fused-ring (bicyclic) bond motifs is 1. The van der Waals surface area contributed by atoms with Crippen LogP contribution in [0.15, 0.2) is 42.6 Å². The molecule has 0 radical (unpaired) electrons. The average molecular weight is 449 g/mol. The minimum atomic E-state index is -0.322. The number of aliphatic hydroxyl groups excluding tert-OH is 1. The van der Waals surface area contributed by atoms with E-state index in [0.717, 1.165) is 35.8 Å². The zero-order valence-corrected chi connectivity index (χ0v) is 18.8.